The number of aliphatic carboxylic acids is 1. The van der Waals surface area contributed by atoms with Crippen LogP contribution in [0.1, 0.15) is 24.5 Å². The summed E-state index contributed by atoms with van der Waals surface area (Å²) in [4.78, 5) is 26.7. The highest BCUT2D eigenvalue weighted by molar-refractivity contribution is 7.99. The first-order chi connectivity index (χ1) is 8.90. The van der Waals surface area contributed by atoms with Crippen molar-refractivity contribution < 1.29 is 14.7 Å². The summed E-state index contributed by atoms with van der Waals surface area (Å²) in [6.07, 6.45) is 0. The van der Waals surface area contributed by atoms with Crippen molar-refractivity contribution in [1.29, 1.82) is 0 Å². The van der Waals surface area contributed by atoms with Crippen LogP contribution in [0.25, 0.3) is 0 Å². The minimum Gasteiger partial charge on any atom is -0.481 e. The maximum absolute atomic E-state index is 11.6. The average Bonchev–Trinajstić information content (AvgIpc) is 2.73. The van der Waals surface area contributed by atoms with E-state index in [4.69, 9.17) is 5.11 Å². The number of carboxylic acids is 1. The fourth-order valence-electron chi connectivity index (χ4n) is 1.36. The van der Waals surface area contributed by atoms with Gasteiger partial charge in [-0.2, -0.15) is 0 Å². The number of amides is 1. The van der Waals surface area contributed by atoms with Crippen molar-refractivity contribution in [3.63, 3.8) is 0 Å². The van der Waals surface area contributed by atoms with Crippen LogP contribution in [0.4, 0.5) is 0 Å². The number of thioether (sulfide) groups is 1. The highest BCUT2D eigenvalue weighted by atomic mass is 32.2. The number of nitrogens with one attached hydrogen (secondary N) is 1. The van der Waals surface area contributed by atoms with Crippen LogP contribution in [0.15, 0.2) is 5.38 Å². The number of carboxylic acid groups (broad SMARTS) is 1. The predicted octanol–water partition coefficient (Wildman–Crippen LogP) is 1.91. The molecule has 0 aliphatic carbocycles. The number of carbonyl (C=O) groups excluding carboxylic acids is 1. The van der Waals surface area contributed by atoms with E-state index in [0.717, 1.165) is 10.7 Å². The van der Waals surface area contributed by atoms with Gasteiger partial charge in [0.25, 0.3) is 0 Å². The minimum atomic E-state index is -0.904. The van der Waals surface area contributed by atoms with E-state index in [2.05, 4.69) is 10.3 Å². The van der Waals surface area contributed by atoms with Crippen LogP contribution in [0.2, 0.25) is 0 Å². The molecule has 1 aromatic heterocycles. The second-order valence-corrected chi connectivity index (χ2v) is 6.38. The van der Waals surface area contributed by atoms with E-state index in [1.165, 1.54) is 11.8 Å². The Morgan fingerprint density at radius 3 is 2.74 bits per heavy atom. The second kappa shape index (κ2) is 7.49. The molecule has 0 saturated carbocycles. The summed E-state index contributed by atoms with van der Waals surface area (Å²) < 4.78 is 0. The third-order valence-corrected chi connectivity index (χ3v) is 4.47. The third-order valence-electron chi connectivity index (χ3n) is 2.68. The molecule has 2 atom stereocenters. The van der Waals surface area contributed by atoms with E-state index >= 15 is 0 Å². The van der Waals surface area contributed by atoms with Crippen molar-refractivity contribution in [3.8, 4) is 0 Å². The maximum atomic E-state index is 11.6. The summed E-state index contributed by atoms with van der Waals surface area (Å²) in [5.41, 5.74) is 0.979. The highest BCUT2D eigenvalue weighted by Gasteiger charge is 2.20. The monoisotopic (exact) mass is 302 g/mol. The normalized spacial score (nSPS) is 13.8. The van der Waals surface area contributed by atoms with Crippen LogP contribution >= 0.6 is 23.1 Å². The van der Waals surface area contributed by atoms with Crippen LogP contribution < -0.4 is 5.32 Å². The lowest BCUT2D eigenvalue weighted by molar-refractivity contribution is -0.142. The Bertz CT molecular complexity index is 448. The zero-order valence-corrected chi connectivity index (χ0v) is 12.8. The van der Waals surface area contributed by atoms with Gasteiger partial charge in [0.1, 0.15) is 0 Å². The summed E-state index contributed by atoms with van der Waals surface area (Å²) in [7, 11) is 0. The molecule has 106 valence electrons. The molecule has 1 heterocycles. The Labute approximate surface area is 120 Å². The van der Waals surface area contributed by atoms with Gasteiger partial charge in [-0.1, -0.05) is 0 Å². The van der Waals surface area contributed by atoms with Crippen molar-refractivity contribution in [2.24, 2.45) is 5.92 Å². The van der Waals surface area contributed by atoms with Crippen LogP contribution in [0.5, 0.6) is 0 Å². The molecule has 0 aliphatic heterocycles. The van der Waals surface area contributed by atoms with Crippen LogP contribution in [-0.2, 0) is 15.3 Å². The molecule has 0 radical (unpaired) electrons. The Morgan fingerprint density at radius 1 is 1.53 bits per heavy atom. The first kappa shape index (κ1) is 16.0. The molecular weight excluding hydrogens is 284 g/mol. The van der Waals surface area contributed by atoms with Gasteiger partial charge in [-0.05, 0) is 20.8 Å². The van der Waals surface area contributed by atoms with Gasteiger partial charge in [0, 0.05) is 17.2 Å². The molecule has 19 heavy (non-hydrogen) atoms. The summed E-state index contributed by atoms with van der Waals surface area (Å²) in [6, 6.07) is -0.368. The first-order valence-electron chi connectivity index (χ1n) is 5.91. The minimum absolute atomic E-state index is 0.141. The number of aromatic nitrogens is 1. The Kier molecular flexibility index (Phi) is 6.30. The lowest BCUT2D eigenvalue weighted by atomic mass is 10.0. The second-order valence-electron chi connectivity index (χ2n) is 4.33. The first-order valence-corrected chi connectivity index (χ1v) is 7.94. The predicted molar refractivity (Wildman–Crippen MR) is 77.4 cm³/mol. The third kappa shape index (κ3) is 5.61. The zero-order chi connectivity index (χ0) is 14.4. The van der Waals surface area contributed by atoms with Crippen LogP contribution in [-0.4, -0.2) is 33.8 Å². The van der Waals surface area contributed by atoms with Gasteiger partial charge in [0.2, 0.25) is 5.91 Å². The number of hydrogen-bond donors (Lipinski definition) is 2. The SMILES string of the molecule is Cc1nc(CSCC(=O)NC(C)C(C)C(=O)O)cs1. The number of aryl methyl sites for hydroxylation is 1. The van der Waals surface area contributed by atoms with E-state index in [1.807, 2.05) is 12.3 Å². The molecule has 7 heteroatoms. The Balaban J connectivity index is 2.26. The van der Waals surface area contributed by atoms with Crippen molar-refractivity contribution in [2.45, 2.75) is 32.6 Å². The van der Waals surface area contributed by atoms with Crippen LogP contribution in [0.3, 0.4) is 0 Å². The smallest absolute Gasteiger partial charge is 0.308 e. The van der Waals surface area contributed by atoms with Gasteiger partial charge in [-0.3, -0.25) is 9.59 Å². The van der Waals surface area contributed by atoms with E-state index in [9.17, 15) is 9.59 Å². The van der Waals surface area contributed by atoms with E-state index in [-0.39, 0.29) is 11.9 Å². The fraction of sp³-hybridized carbons (Fsp3) is 0.583. The lowest BCUT2D eigenvalue weighted by Crippen LogP contribution is -2.40. The molecule has 0 aromatic carbocycles. The Hall–Kier alpha value is -1.08. The zero-order valence-electron chi connectivity index (χ0n) is 11.2. The van der Waals surface area contributed by atoms with Gasteiger partial charge in [-0.15, -0.1) is 23.1 Å². The van der Waals surface area contributed by atoms with Gasteiger partial charge in [0.15, 0.2) is 0 Å². The Morgan fingerprint density at radius 2 is 2.21 bits per heavy atom. The average molecular weight is 302 g/mol. The van der Waals surface area contributed by atoms with Crippen molar-refractivity contribution >= 4 is 35.0 Å². The quantitative estimate of drug-likeness (QED) is 0.804. The fourth-order valence-corrected chi connectivity index (χ4v) is 2.80. The molecule has 1 amide bonds. The van der Waals surface area contributed by atoms with Crippen molar-refractivity contribution in [1.82, 2.24) is 10.3 Å². The van der Waals surface area contributed by atoms with Crippen molar-refractivity contribution in [2.75, 3.05) is 5.75 Å². The topological polar surface area (TPSA) is 79.3 Å². The van der Waals surface area contributed by atoms with Crippen LogP contribution in [0, 0.1) is 12.8 Å². The summed E-state index contributed by atoms with van der Waals surface area (Å²) in [6.45, 7) is 5.23. The molecule has 2 unspecified atom stereocenters. The summed E-state index contributed by atoms with van der Waals surface area (Å²) in [5.74, 6) is -0.625. The van der Waals surface area contributed by atoms with Gasteiger partial charge < -0.3 is 10.4 Å². The molecule has 0 aliphatic rings. The molecule has 0 fully saturated rings. The van der Waals surface area contributed by atoms with Gasteiger partial charge in [-0.25, -0.2) is 4.98 Å². The highest BCUT2D eigenvalue weighted by Crippen LogP contribution is 2.15. The molecule has 0 spiro atoms. The molecule has 0 bridgehead atoms. The van der Waals surface area contributed by atoms with E-state index in [0.29, 0.717) is 11.5 Å². The molecule has 0 saturated heterocycles. The molecular formula is C12H18N2O3S2. The summed E-state index contributed by atoms with van der Waals surface area (Å²) >= 11 is 3.07. The van der Waals surface area contributed by atoms with E-state index in [1.54, 1.807) is 25.2 Å². The lowest BCUT2D eigenvalue weighted by Gasteiger charge is -2.17. The standard InChI is InChI=1S/C12H18N2O3S2/c1-7(12(16)17)8(2)13-11(15)6-18-4-10-5-19-9(3)14-10/h5,7-8H,4,6H2,1-3H3,(H,13,15)(H,16,17). The number of carbonyl (C=O) groups is 2. The number of nitrogens with zero attached hydrogens (tertiary/aromatic N) is 1. The largest absolute Gasteiger partial charge is 0.481 e. The van der Waals surface area contributed by atoms with Gasteiger partial charge in [0.05, 0.1) is 22.4 Å². The maximum Gasteiger partial charge on any atom is 0.308 e. The molecule has 1 aromatic rings. The number of hydrogen-bond acceptors (Lipinski definition) is 5. The molecule has 2 N–H and O–H groups in total. The number of rotatable bonds is 7. The van der Waals surface area contributed by atoms with Crippen molar-refractivity contribution in [3.05, 3.63) is 16.1 Å². The summed E-state index contributed by atoms with van der Waals surface area (Å²) in [5, 5.41) is 14.5. The van der Waals surface area contributed by atoms with E-state index < -0.39 is 11.9 Å². The van der Waals surface area contributed by atoms with Gasteiger partial charge >= 0.3 is 5.97 Å². The number of thiazole rings is 1. The molecule has 5 nitrogen and oxygen atoms in total. The molecule has 1 rings (SSSR count).